The Bertz CT molecular complexity index is 804. The van der Waals surface area contributed by atoms with Gasteiger partial charge in [-0.1, -0.05) is 17.7 Å². The van der Waals surface area contributed by atoms with Gasteiger partial charge in [0.2, 0.25) is 0 Å². The molecule has 0 heterocycles. The van der Waals surface area contributed by atoms with Crippen LogP contribution in [0.1, 0.15) is 28.4 Å². The molecule has 2 aromatic rings. The van der Waals surface area contributed by atoms with E-state index in [0.717, 1.165) is 18.2 Å². The highest BCUT2D eigenvalue weighted by molar-refractivity contribution is 6.30. The lowest BCUT2D eigenvalue weighted by atomic mass is 10.1. The van der Waals surface area contributed by atoms with Gasteiger partial charge in [0.1, 0.15) is 5.75 Å². The number of hydrogen-bond acceptors (Lipinski definition) is 3. The number of phenols is 1. The van der Waals surface area contributed by atoms with Gasteiger partial charge in [-0.15, -0.1) is 0 Å². The zero-order valence-corrected chi connectivity index (χ0v) is 13.1. The first-order valence-corrected chi connectivity index (χ1v) is 7.07. The van der Waals surface area contributed by atoms with Crippen molar-refractivity contribution in [2.24, 2.45) is 5.10 Å². The van der Waals surface area contributed by atoms with Crippen LogP contribution in [0.4, 0.5) is 13.2 Å². The lowest BCUT2D eigenvalue weighted by Crippen LogP contribution is -2.19. The molecular weight excluding hydrogens is 345 g/mol. The molecule has 0 fully saturated rings. The van der Waals surface area contributed by atoms with Crippen molar-refractivity contribution in [2.75, 3.05) is 0 Å². The fourth-order valence-corrected chi connectivity index (χ4v) is 2.08. The number of hydrazone groups is 1. The van der Waals surface area contributed by atoms with E-state index in [1.165, 1.54) is 19.1 Å². The normalized spacial score (nSPS) is 12.1. The minimum Gasteiger partial charge on any atom is -0.507 e. The summed E-state index contributed by atoms with van der Waals surface area (Å²) in [6, 6.07) is 8.55. The summed E-state index contributed by atoms with van der Waals surface area (Å²) in [4.78, 5) is 11.9. The zero-order valence-electron chi connectivity index (χ0n) is 12.4. The number of phenolic OH excluding ortho intramolecular Hbond substituents is 1. The van der Waals surface area contributed by atoms with Gasteiger partial charge in [-0.25, -0.2) is 5.43 Å². The van der Waals surface area contributed by atoms with E-state index in [1.54, 1.807) is 12.1 Å². The number of carbonyl (C=O) groups is 1. The highest BCUT2D eigenvalue weighted by atomic mass is 35.5. The molecule has 4 nitrogen and oxygen atoms in total. The second-order valence-electron chi connectivity index (χ2n) is 4.88. The molecule has 8 heteroatoms. The number of nitrogens with one attached hydrogen (secondary N) is 1. The maximum Gasteiger partial charge on any atom is 0.416 e. The maximum atomic E-state index is 12.7. The van der Waals surface area contributed by atoms with Gasteiger partial charge in [-0.05, 0) is 43.3 Å². The minimum atomic E-state index is -4.55. The van der Waals surface area contributed by atoms with E-state index in [4.69, 9.17) is 11.6 Å². The first-order valence-electron chi connectivity index (χ1n) is 6.69. The van der Waals surface area contributed by atoms with E-state index in [2.05, 4.69) is 10.5 Å². The van der Waals surface area contributed by atoms with Gasteiger partial charge in [0.15, 0.2) is 0 Å². The van der Waals surface area contributed by atoms with Crippen molar-refractivity contribution < 1.29 is 23.1 Å². The quantitative estimate of drug-likeness (QED) is 0.639. The summed E-state index contributed by atoms with van der Waals surface area (Å²) in [6.07, 6.45) is -4.55. The highest BCUT2D eigenvalue weighted by Crippen LogP contribution is 2.32. The Morgan fingerprint density at radius 3 is 2.54 bits per heavy atom. The zero-order chi connectivity index (χ0) is 17.9. The summed E-state index contributed by atoms with van der Waals surface area (Å²) >= 11 is 5.77. The lowest BCUT2D eigenvalue weighted by molar-refractivity contribution is -0.137. The van der Waals surface area contributed by atoms with Crippen molar-refractivity contribution in [1.82, 2.24) is 5.43 Å². The molecular formula is C16H12ClF3N2O2. The van der Waals surface area contributed by atoms with Crippen LogP contribution in [0.3, 0.4) is 0 Å². The second-order valence-corrected chi connectivity index (χ2v) is 5.31. The van der Waals surface area contributed by atoms with Crippen LogP contribution in [0.25, 0.3) is 0 Å². The van der Waals surface area contributed by atoms with E-state index >= 15 is 0 Å². The molecule has 0 aromatic heterocycles. The van der Waals surface area contributed by atoms with Crippen LogP contribution in [-0.4, -0.2) is 16.7 Å². The Morgan fingerprint density at radius 1 is 1.21 bits per heavy atom. The largest absolute Gasteiger partial charge is 0.507 e. The van der Waals surface area contributed by atoms with Crippen molar-refractivity contribution in [3.63, 3.8) is 0 Å². The van der Waals surface area contributed by atoms with Gasteiger partial charge < -0.3 is 5.11 Å². The average molecular weight is 357 g/mol. The number of alkyl halides is 3. The van der Waals surface area contributed by atoms with E-state index in [-0.39, 0.29) is 22.6 Å². The van der Waals surface area contributed by atoms with E-state index in [0.29, 0.717) is 5.02 Å². The average Bonchev–Trinajstić information content (AvgIpc) is 2.51. The number of amides is 1. The standard InChI is InChI=1S/C16H12ClF3N2O2/c1-9(13-8-11(16(18,19)20)5-6-14(13)23)21-22-15(24)10-3-2-4-12(17)7-10/h2-8,23H,1H3,(H,22,24)/b21-9+. The predicted molar refractivity (Wildman–Crippen MR) is 84.2 cm³/mol. The van der Waals surface area contributed by atoms with Gasteiger partial charge in [0, 0.05) is 16.1 Å². The summed E-state index contributed by atoms with van der Waals surface area (Å²) in [5.41, 5.74) is 1.42. The summed E-state index contributed by atoms with van der Waals surface area (Å²) in [5.74, 6) is -0.954. The number of hydrogen-bond donors (Lipinski definition) is 2. The van der Waals surface area contributed by atoms with Crippen LogP contribution >= 0.6 is 11.6 Å². The van der Waals surface area contributed by atoms with Gasteiger partial charge >= 0.3 is 6.18 Å². The molecule has 0 radical (unpaired) electrons. The first kappa shape index (κ1) is 17.8. The Kier molecular flexibility index (Phi) is 5.14. The van der Waals surface area contributed by atoms with Crippen molar-refractivity contribution in [1.29, 1.82) is 0 Å². The topological polar surface area (TPSA) is 61.7 Å². The summed E-state index contributed by atoms with van der Waals surface area (Å²) in [6.45, 7) is 1.37. The molecule has 0 aliphatic heterocycles. The van der Waals surface area contributed by atoms with Gasteiger partial charge in [-0.2, -0.15) is 18.3 Å². The van der Waals surface area contributed by atoms with E-state index in [1.807, 2.05) is 0 Å². The predicted octanol–water partition coefficient (Wildman–Crippen LogP) is 4.22. The first-order chi connectivity index (χ1) is 11.2. The van der Waals surface area contributed by atoms with Crippen LogP contribution in [0, 0.1) is 0 Å². The van der Waals surface area contributed by atoms with E-state index in [9.17, 15) is 23.1 Å². The summed E-state index contributed by atoms with van der Waals surface area (Å²) in [5, 5.41) is 13.8. The SMILES string of the molecule is C/C(=N\NC(=O)c1cccc(Cl)c1)c1cc(C(F)(F)F)ccc1O. The second kappa shape index (κ2) is 6.92. The third-order valence-corrected chi connectivity index (χ3v) is 3.36. The number of benzene rings is 2. The molecule has 0 atom stereocenters. The van der Waals surface area contributed by atoms with E-state index < -0.39 is 17.6 Å². The fourth-order valence-electron chi connectivity index (χ4n) is 1.89. The molecule has 0 aliphatic carbocycles. The molecule has 2 rings (SSSR count). The number of nitrogens with zero attached hydrogens (tertiary/aromatic N) is 1. The smallest absolute Gasteiger partial charge is 0.416 e. The van der Waals surface area contributed by atoms with Crippen molar-refractivity contribution in [3.8, 4) is 5.75 Å². The maximum absolute atomic E-state index is 12.7. The van der Waals surface area contributed by atoms with Gasteiger partial charge in [0.05, 0.1) is 11.3 Å². The Morgan fingerprint density at radius 2 is 1.92 bits per heavy atom. The molecule has 0 saturated heterocycles. The van der Waals surface area contributed by atoms with Crippen LogP contribution in [0.5, 0.6) is 5.75 Å². The molecule has 0 aliphatic rings. The third kappa shape index (κ3) is 4.26. The highest BCUT2D eigenvalue weighted by Gasteiger charge is 2.31. The monoisotopic (exact) mass is 356 g/mol. The Hall–Kier alpha value is -2.54. The Balaban J connectivity index is 2.23. The van der Waals surface area contributed by atoms with Crippen LogP contribution < -0.4 is 5.43 Å². The molecule has 126 valence electrons. The molecule has 1 amide bonds. The van der Waals surface area contributed by atoms with Crippen molar-refractivity contribution in [2.45, 2.75) is 13.1 Å². The van der Waals surface area contributed by atoms with Crippen molar-refractivity contribution >= 4 is 23.2 Å². The molecule has 2 N–H and O–H groups in total. The molecule has 0 bridgehead atoms. The number of aromatic hydroxyl groups is 1. The van der Waals surface area contributed by atoms with Crippen LogP contribution in [0.2, 0.25) is 5.02 Å². The number of carbonyl (C=O) groups excluding carboxylic acids is 1. The number of halogens is 4. The van der Waals surface area contributed by atoms with Gasteiger partial charge in [0.25, 0.3) is 5.91 Å². The molecule has 0 spiro atoms. The molecule has 0 unspecified atom stereocenters. The number of rotatable bonds is 3. The fraction of sp³-hybridized carbons (Fsp3) is 0.125. The summed E-state index contributed by atoms with van der Waals surface area (Å²) in [7, 11) is 0. The molecule has 0 saturated carbocycles. The summed E-state index contributed by atoms with van der Waals surface area (Å²) < 4.78 is 38.2. The van der Waals surface area contributed by atoms with Crippen LogP contribution in [-0.2, 0) is 6.18 Å². The van der Waals surface area contributed by atoms with Gasteiger partial charge in [-0.3, -0.25) is 4.79 Å². The minimum absolute atomic E-state index is 0.0222. The molecule has 24 heavy (non-hydrogen) atoms. The lowest BCUT2D eigenvalue weighted by Gasteiger charge is -2.10. The molecule has 2 aromatic carbocycles. The third-order valence-electron chi connectivity index (χ3n) is 3.13. The van der Waals surface area contributed by atoms with Crippen molar-refractivity contribution in [3.05, 3.63) is 64.2 Å². The Labute approximate surface area is 140 Å². The van der Waals surface area contributed by atoms with Crippen LogP contribution in [0.15, 0.2) is 47.6 Å².